The molecule has 0 aliphatic carbocycles. The van der Waals surface area contributed by atoms with Gasteiger partial charge in [-0.2, -0.15) is 23.1 Å². The molecule has 0 amide bonds. The van der Waals surface area contributed by atoms with Crippen LogP contribution in [0.25, 0.3) is 16.9 Å². The van der Waals surface area contributed by atoms with E-state index >= 15 is 0 Å². The van der Waals surface area contributed by atoms with Gasteiger partial charge in [-0.05, 0) is 18.2 Å². The van der Waals surface area contributed by atoms with Crippen LogP contribution in [0.15, 0.2) is 34.9 Å². The Hall–Kier alpha value is -2.36. The highest BCUT2D eigenvalue weighted by atomic mass is 79.9. The van der Waals surface area contributed by atoms with Crippen molar-refractivity contribution in [1.82, 2.24) is 19.5 Å². The molecule has 0 saturated heterocycles. The van der Waals surface area contributed by atoms with Crippen LogP contribution in [0.4, 0.5) is 19.1 Å². The summed E-state index contributed by atoms with van der Waals surface area (Å²) in [5.74, 6) is 0.247. The molecule has 0 bridgehead atoms. The number of nitrogen functional groups attached to an aromatic ring is 1. The average Bonchev–Trinajstić information content (AvgIpc) is 2.82. The average molecular weight is 388 g/mol. The molecule has 0 radical (unpaired) electrons. The number of nitrogens with two attached hydrogens (primary N) is 1. The normalized spacial score (nSPS) is 11.8. The molecule has 0 aliphatic heterocycles. The summed E-state index contributed by atoms with van der Waals surface area (Å²) in [5.41, 5.74) is 6.53. The maximum atomic E-state index is 12.4. The minimum absolute atomic E-state index is 0.0129. The standard InChI is InChI=1S/C13H9BrF3N5O/c14-7-1-2-8-9(5-7)22(10-3-4-19-11(18)21-10)12(20-8)23-6-13(15,16)17/h1-5H,6H2,(H2,18,19,21). The van der Waals surface area contributed by atoms with E-state index in [2.05, 4.69) is 30.9 Å². The second kappa shape index (κ2) is 5.69. The number of hydrogen-bond donors (Lipinski definition) is 1. The summed E-state index contributed by atoms with van der Waals surface area (Å²) in [6.45, 7) is -1.46. The first kappa shape index (κ1) is 15.5. The topological polar surface area (TPSA) is 78.8 Å². The third-order valence-corrected chi connectivity index (χ3v) is 3.33. The van der Waals surface area contributed by atoms with Gasteiger partial charge in [-0.3, -0.25) is 0 Å². The summed E-state index contributed by atoms with van der Waals surface area (Å²) >= 11 is 3.31. The number of halogens is 4. The first-order chi connectivity index (χ1) is 10.8. The highest BCUT2D eigenvalue weighted by molar-refractivity contribution is 9.10. The zero-order chi connectivity index (χ0) is 16.6. The number of imidazole rings is 1. The molecule has 0 fully saturated rings. The van der Waals surface area contributed by atoms with Gasteiger partial charge >= 0.3 is 12.2 Å². The fourth-order valence-corrected chi connectivity index (χ4v) is 2.33. The molecule has 23 heavy (non-hydrogen) atoms. The molecule has 6 nitrogen and oxygen atoms in total. The van der Waals surface area contributed by atoms with Gasteiger partial charge < -0.3 is 10.5 Å². The molecular formula is C13H9BrF3N5O. The van der Waals surface area contributed by atoms with E-state index in [0.29, 0.717) is 11.0 Å². The first-order valence-electron chi connectivity index (χ1n) is 6.30. The van der Waals surface area contributed by atoms with Crippen molar-refractivity contribution in [1.29, 1.82) is 0 Å². The molecule has 1 aromatic carbocycles. The number of aromatic nitrogens is 4. The lowest BCUT2D eigenvalue weighted by Gasteiger charge is -2.11. The van der Waals surface area contributed by atoms with Crippen molar-refractivity contribution in [2.75, 3.05) is 12.3 Å². The Morgan fingerprint density at radius 3 is 2.70 bits per heavy atom. The van der Waals surface area contributed by atoms with Gasteiger partial charge in [0.2, 0.25) is 5.95 Å². The second-order valence-electron chi connectivity index (χ2n) is 4.54. The minimum Gasteiger partial charge on any atom is -0.455 e. The summed E-state index contributed by atoms with van der Waals surface area (Å²) in [5, 5.41) is 0. The Bertz CT molecular complexity index is 864. The molecule has 10 heteroatoms. The van der Waals surface area contributed by atoms with Crippen molar-refractivity contribution in [3.05, 3.63) is 34.9 Å². The molecule has 2 heterocycles. The third kappa shape index (κ3) is 3.36. The van der Waals surface area contributed by atoms with Gasteiger partial charge in [0.25, 0.3) is 0 Å². The molecule has 0 atom stereocenters. The Balaban J connectivity index is 2.16. The van der Waals surface area contributed by atoms with E-state index in [1.54, 1.807) is 18.2 Å². The fraction of sp³-hybridized carbons (Fsp3) is 0.154. The molecule has 3 rings (SSSR count). The predicted molar refractivity (Wildman–Crippen MR) is 80.3 cm³/mol. The molecular weight excluding hydrogens is 379 g/mol. The molecule has 2 aromatic heterocycles. The van der Waals surface area contributed by atoms with Crippen molar-refractivity contribution < 1.29 is 17.9 Å². The lowest BCUT2D eigenvalue weighted by Crippen LogP contribution is -2.20. The lowest BCUT2D eigenvalue weighted by molar-refractivity contribution is -0.154. The largest absolute Gasteiger partial charge is 0.455 e. The predicted octanol–water partition coefficient (Wildman–Crippen LogP) is 3.10. The summed E-state index contributed by atoms with van der Waals surface area (Å²) < 4.78 is 44.2. The molecule has 2 N–H and O–H groups in total. The quantitative estimate of drug-likeness (QED) is 0.746. The Morgan fingerprint density at radius 1 is 1.22 bits per heavy atom. The van der Waals surface area contributed by atoms with Crippen LogP contribution in [-0.4, -0.2) is 32.3 Å². The zero-order valence-corrected chi connectivity index (χ0v) is 13.0. The van der Waals surface area contributed by atoms with Crippen LogP contribution in [0, 0.1) is 0 Å². The van der Waals surface area contributed by atoms with Crippen molar-refractivity contribution in [2.45, 2.75) is 6.18 Å². The van der Waals surface area contributed by atoms with E-state index in [0.717, 1.165) is 4.47 Å². The van der Waals surface area contributed by atoms with Crippen LogP contribution in [0.3, 0.4) is 0 Å². The maximum Gasteiger partial charge on any atom is 0.422 e. The highest BCUT2D eigenvalue weighted by Gasteiger charge is 2.30. The van der Waals surface area contributed by atoms with Gasteiger partial charge in [0.05, 0.1) is 11.0 Å². The SMILES string of the molecule is Nc1nccc(-n2c(OCC(F)(F)F)nc3ccc(Br)cc32)n1. The monoisotopic (exact) mass is 387 g/mol. The van der Waals surface area contributed by atoms with Crippen LogP contribution in [0.5, 0.6) is 6.01 Å². The van der Waals surface area contributed by atoms with Crippen LogP contribution in [0.2, 0.25) is 0 Å². The number of benzene rings is 1. The van der Waals surface area contributed by atoms with Crippen LogP contribution in [0.1, 0.15) is 0 Å². The van der Waals surface area contributed by atoms with Gasteiger partial charge in [0.15, 0.2) is 6.61 Å². The number of alkyl halides is 3. The number of nitrogens with zero attached hydrogens (tertiary/aromatic N) is 4. The molecule has 0 spiro atoms. The van der Waals surface area contributed by atoms with Crippen molar-refractivity contribution >= 4 is 32.9 Å². The number of fused-ring (bicyclic) bond motifs is 1. The summed E-state index contributed by atoms with van der Waals surface area (Å²) in [6, 6.07) is 6.34. The van der Waals surface area contributed by atoms with Gasteiger partial charge in [0.1, 0.15) is 5.82 Å². The third-order valence-electron chi connectivity index (χ3n) is 2.84. The van der Waals surface area contributed by atoms with E-state index in [-0.39, 0.29) is 17.8 Å². The van der Waals surface area contributed by atoms with E-state index < -0.39 is 12.8 Å². The number of anilines is 1. The van der Waals surface area contributed by atoms with E-state index in [1.807, 2.05) is 0 Å². The van der Waals surface area contributed by atoms with Crippen LogP contribution < -0.4 is 10.5 Å². The van der Waals surface area contributed by atoms with Gasteiger partial charge in [-0.15, -0.1) is 0 Å². The first-order valence-corrected chi connectivity index (χ1v) is 7.09. The molecule has 0 unspecified atom stereocenters. The number of ether oxygens (including phenoxy) is 1. The number of rotatable bonds is 3. The Labute approximate surface area is 136 Å². The zero-order valence-electron chi connectivity index (χ0n) is 11.4. The highest BCUT2D eigenvalue weighted by Crippen LogP contribution is 2.29. The summed E-state index contributed by atoms with van der Waals surface area (Å²) in [4.78, 5) is 11.9. The van der Waals surface area contributed by atoms with Crippen LogP contribution in [-0.2, 0) is 0 Å². The van der Waals surface area contributed by atoms with Gasteiger partial charge in [-0.1, -0.05) is 15.9 Å². The second-order valence-corrected chi connectivity index (χ2v) is 5.46. The van der Waals surface area contributed by atoms with Crippen molar-refractivity contribution in [3.8, 4) is 11.8 Å². The molecule has 3 aromatic rings. The minimum atomic E-state index is -4.48. The smallest absolute Gasteiger partial charge is 0.422 e. The Morgan fingerprint density at radius 2 is 2.00 bits per heavy atom. The van der Waals surface area contributed by atoms with Gasteiger partial charge in [0, 0.05) is 16.7 Å². The lowest BCUT2D eigenvalue weighted by atomic mass is 10.3. The maximum absolute atomic E-state index is 12.4. The Kier molecular flexibility index (Phi) is 3.84. The van der Waals surface area contributed by atoms with Crippen molar-refractivity contribution in [2.24, 2.45) is 0 Å². The molecule has 0 saturated carbocycles. The fourth-order valence-electron chi connectivity index (χ4n) is 1.98. The molecule has 0 aliphatic rings. The van der Waals surface area contributed by atoms with E-state index in [1.165, 1.54) is 16.8 Å². The van der Waals surface area contributed by atoms with E-state index in [4.69, 9.17) is 10.5 Å². The van der Waals surface area contributed by atoms with Crippen molar-refractivity contribution in [3.63, 3.8) is 0 Å². The van der Waals surface area contributed by atoms with E-state index in [9.17, 15) is 13.2 Å². The molecule has 120 valence electrons. The summed E-state index contributed by atoms with van der Waals surface area (Å²) in [7, 11) is 0. The summed E-state index contributed by atoms with van der Waals surface area (Å²) in [6.07, 6.45) is -3.08. The number of hydrogen-bond acceptors (Lipinski definition) is 5. The van der Waals surface area contributed by atoms with Crippen LogP contribution >= 0.6 is 15.9 Å². The van der Waals surface area contributed by atoms with Gasteiger partial charge in [-0.25, -0.2) is 9.55 Å².